The molecule has 1 saturated heterocycles. The Balaban J connectivity index is 1.25. The molecule has 0 unspecified atom stereocenters. The van der Waals surface area contributed by atoms with Crippen LogP contribution in [0, 0.1) is 0 Å². The van der Waals surface area contributed by atoms with Crippen molar-refractivity contribution >= 4 is 23.2 Å². The summed E-state index contributed by atoms with van der Waals surface area (Å²) >= 11 is 5.97. The van der Waals surface area contributed by atoms with Crippen LogP contribution in [0.1, 0.15) is 35.3 Å². The Morgan fingerprint density at radius 1 is 1.03 bits per heavy atom. The third-order valence-corrected chi connectivity index (χ3v) is 6.44. The fourth-order valence-corrected chi connectivity index (χ4v) is 4.56. The molecule has 0 aliphatic carbocycles. The number of amides is 1. The van der Waals surface area contributed by atoms with Crippen molar-refractivity contribution in [1.29, 1.82) is 0 Å². The van der Waals surface area contributed by atoms with E-state index in [9.17, 15) is 4.79 Å². The van der Waals surface area contributed by atoms with E-state index >= 15 is 0 Å². The molecule has 3 aromatic rings. The van der Waals surface area contributed by atoms with E-state index < -0.39 is 0 Å². The Morgan fingerprint density at radius 3 is 2.52 bits per heavy atom. The van der Waals surface area contributed by atoms with Gasteiger partial charge in [-0.05, 0) is 68.8 Å². The molecule has 1 fully saturated rings. The maximum Gasteiger partial charge on any atom is 0.279 e. The number of benzene rings is 2. The molecule has 2 aliphatic heterocycles. The Hall–Kier alpha value is -3.03. The average molecular weight is 467 g/mol. The number of methoxy groups -OCH3 is 1. The highest BCUT2D eigenvalue weighted by molar-refractivity contribution is 6.30. The van der Waals surface area contributed by atoms with Gasteiger partial charge in [0.1, 0.15) is 0 Å². The number of rotatable bonds is 8. The summed E-state index contributed by atoms with van der Waals surface area (Å²) < 4.78 is 13.2. The second-order valence-corrected chi connectivity index (χ2v) is 8.84. The number of halogens is 1. The van der Waals surface area contributed by atoms with Crippen molar-refractivity contribution in [2.75, 3.05) is 38.3 Å². The molecular formula is C25H27ClN4O3. The van der Waals surface area contributed by atoms with Crippen molar-refractivity contribution in [3.05, 3.63) is 64.9 Å². The van der Waals surface area contributed by atoms with Gasteiger partial charge in [-0.25, -0.2) is 4.68 Å². The van der Waals surface area contributed by atoms with E-state index in [1.165, 1.54) is 25.9 Å². The molecule has 5 rings (SSSR count). The fraction of sp³-hybridized carbons (Fsp3) is 0.360. The topological polar surface area (TPSA) is 59.8 Å². The minimum absolute atomic E-state index is 0.126. The maximum atomic E-state index is 13.1. The summed E-state index contributed by atoms with van der Waals surface area (Å²) in [6.07, 6.45) is 5.47. The van der Waals surface area contributed by atoms with Gasteiger partial charge in [0.15, 0.2) is 17.2 Å². The smallest absolute Gasteiger partial charge is 0.279 e. The molecule has 0 saturated carbocycles. The largest absolute Gasteiger partial charge is 0.493 e. The summed E-state index contributed by atoms with van der Waals surface area (Å²) in [7, 11) is 1.62. The highest BCUT2D eigenvalue weighted by atomic mass is 35.5. The average Bonchev–Trinajstić information content (AvgIpc) is 3.56. The monoisotopic (exact) mass is 466 g/mol. The number of anilines is 1. The minimum Gasteiger partial charge on any atom is -0.493 e. The molecule has 8 heteroatoms. The lowest BCUT2D eigenvalue weighted by Gasteiger charge is -2.19. The van der Waals surface area contributed by atoms with Crippen molar-refractivity contribution in [2.24, 2.45) is 0 Å². The standard InChI is InChI=1S/C25H27ClN4O3/c1-32-23-15-21(9-10-22(23)33-14-4-13-28-11-2-3-12-28)29-16-18-17-30(27-24(18)25(29)31)20-7-5-19(26)6-8-20/h5-10,15,17H,2-4,11-14,16H2,1H3. The van der Waals surface area contributed by atoms with Crippen LogP contribution in [0.5, 0.6) is 11.5 Å². The quantitative estimate of drug-likeness (QED) is 0.455. The molecule has 3 heterocycles. The van der Waals surface area contributed by atoms with Gasteiger partial charge in [0, 0.05) is 35.1 Å². The van der Waals surface area contributed by atoms with E-state index in [1.807, 2.05) is 36.5 Å². The lowest BCUT2D eigenvalue weighted by atomic mass is 10.2. The number of fused-ring (bicyclic) bond motifs is 1. The SMILES string of the molecule is COc1cc(N2Cc3cn(-c4ccc(Cl)cc4)nc3C2=O)ccc1OCCCN1CCCC1. The first-order valence-corrected chi connectivity index (χ1v) is 11.7. The zero-order valence-electron chi connectivity index (χ0n) is 18.7. The first-order valence-electron chi connectivity index (χ1n) is 11.3. The number of ether oxygens (including phenoxy) is 2. The Morgan fingerprint density at radius 2 is 1.79 bits per heavy atom. The molecule has 0 N–H and O–H groups in total. The second kappa shape index (κ2) is 9.45. The van der Waals surface area contributed by atoms with E-state index in [1.54, 1.807) is 28.8 Å². The first-order chi connectivity index (χ1) is 16.1. The number of nitrogens with zero attached hydrogens (tertiary/aromatic N) is 4. The molecule has 1 amide bonds. The number of carbonyl (C=O) groups is 1. The number of hydrogen-bond acceptors (Lipinski definition) is 5. The summed E-state index contributed by atoms with van der Waals surface area (Å²) in [6.45, 7) is 4.55. The molecule has 1 aromatic heterocycles. The second-order valence-electron chi connectivity index (χ2n) is 8.40. The van der Waals surface area contributed by atoms with Gasteiger partial charge >= 0.3 is 0 Å². The number of hydrogen-bond donors (Lipinski definition) is 0. The van der Waals surface area contributed by atoms with E-state index in [0.29, 0.717) is 35.4 Å². The van der Waals surface area contributed by atoms with E-state index in [-0.39, 0.29) is 5.91 Å². The van der Waals surface area contributed by atoms with Crippen molar-refractivity contribution in [3.63, 3.8) is 0 Å². The van der Waals surface area contributed by atoms with Gasteiger partial charge in [-0.1, -0.05) is 11.6 Å². The van der Waals surface area contributed by atoms with Crippen LogP contribution in [0.25, 0.3) is 5.69 Å². The predicted molar refractivity (Wildman–Crippen MR) is 128 cm³/mol. The highest BCUT2D eigenvalue weighted by Crippen LogP contribution is 2.35. The van der Waals surface area contributed by atoms with Crippen LogP contribution in [0.2, 0.25) is 5.02 Å². The van der Waals surface area contributed by atoms with Gasteiger partial charge in [-0.15, -0.1) is 0 Å². The van der Waals surface area contributed by atoms with Crippen LogP contribution < -0.4 is 14.4 Å². The van der Waals surface area contributed by atoms with Gasteiger partial charge in [0.25, 0.3) is 5.91 Å². The first kappa shape index (κ1) is 21.8. The lowest BCUT2D eigenvalue weighted by molar-refractivity contribution is 0.0991. The summed E-state index contributed by atoms with van der Waals surface area (Å²) in [4.78, 5) is 17.3. The summed E-state index contributed by atoms with van der Waals surface area (Å²) in [5.74, 6) is 1.19. The van der Waals surface area contributed by atoms with Gasteiger partial charge in [0.05, 0.1) is 25.9 Å². The van der Waals surface area contributed by atoms with Crippen molar-refractivity contribution in [3.8, 4) is 17.2 Å². The Kier molecular flexibility index (Phi) is 6.24. The number of carbonyl (C=O) groups excluding carboxylic acids is 1. The minimum atomic E-state index is -0.126. The van der Waals surface area contributed by atoms with Gasteiger partial charge in [0.2, 0.25) is 0 Å². The molecule has 0 radical (unpaired) electrons. The van der Waals surface area contributed by atoms with E-state index in [4.69, 9.17) is 21.1 Å². The molecule has 7 nitrogen and oxygen atoms in total. The number of likely N-dealkylation sites (tertiary alicyclic amines) is 1. The van der Waals surface area contributed by atoms with Crippen molar-refractivity contribution < 1.29 is 14.3 Å². The van der Waals surface area contributed by atoms with Gasteiger partial charge in [-0.3, -0.25) is 4.79 Å². The molecule has 2 aliphatic rings. The molecule has 172 valence electrons. The molecular weight excluding hydrogens is 440 g/mol. The zero-order valence-corrected chi connectivity index (χ0v) is 19.4. The Labute approximate surface area is 198 Å². The molecule has 0 spiro atoms. The molecule has 0 atom stereocenters. The van der Waals surface area contributed by atoms with Crippen LogP contribution >= 0.6 is 11.6 Å². The fourth-order valence-electron chi connectivity index (χ4n) is 4.43. The van der Waals surface area contributed by atoms with Crippen LogP contribution in [0.15, 0.2) is 48.7 Å². The van der Waals surface area contributed by atoms with E-state index in [2.05, 4.69) is 10.00 Å². The lowest BCUT2D eigenvalue weighted by Crippen LogP contribution is -2.24. The molecule has 33 heavy (non-hydrogen) atoms. The van der Waals surface area contributed by atoms with E-state index in [0.717, 1.165) is 29.9 Å². The predicted octanol–water partition coefficient (Wildman–Crippen LogP) is 4.56. The summed E-state index contributed by atoms with van der Waals surface area (Å²) in [5, 5.41) is 5.17. The van der Waals surface area contributed by atoms with Crippen LogP contribution in [-0.4, -0.2) is 53.9 Å². The number of aromatic nitrogens is 2. The highest BCUT2D eigenvalue weighted by Gasteiger charge is 2.32. The third-order valence-electron chi connectivity index (χ3n) is 6.19. The molecule has 2 aromatic carbocycles. The maximum absolute atomic E-state index is 13.1. The van der Waals surface area contributed by atoms with Gasteiger partial charge in [-0.2, -0.15) is 5.10 Å². The van der Waals surface area contributed by atoms with Crippen molar-refractivity contribution in [1.82, 2.24) is 14.7 Å². The third kappa shape index (κ3) is 4.56. The van der Waals surface area contributed by atoms with Gasteiger partial charge < -0.3 is 19.3 Å². The molecule has 0 bridgehead atoms. The normalized spacial score (nSPS) is 15.8. The van der Waals surface area contributed by atoms with Crippen LogP contribution in [0.3, 0.4) is 0 Å². The Bertz CT molecular complexity index is 1140. The van der Waals surface area contributed by atoms with Crippen LogP contribution in [-0.2, 0) is 6.54 Å². The summed E-state index contributed by atoms with van der Waals surface area (Å²) in [6, 6.07) is 13.0. The van der Waals surface area contributed by atoms with Crippen molar-refractivity contribution in [2.45, 2.75) is 25.8 Å². The zero-order chi connectivity index (χ0) is 22.8. The van der Waals surface area contributed by atoms with Crippen LogP contribution in [0.4, 0.5) is 5.69 Å². The summed E-state index contributed by atoms with van der Waals surface area (Å²) in [5.41, 5.74) is 2.97.